The molecule has 3 aromatic rings. The Hall–Kier alpha value is -3.43. The van der Waals surface area contributed by atoms with Crippen molar-refractivity contribution in [3.63, 3.8) is 0 Å². The lowest BCUT2D eigenvalue weighted by molar-refractivity contribution is 0.0686. The molecule has 0 atom stereocenters. The number of aromatic nitrogens is 4. The largest absolute Gasteiger partial charge is 0.477 e. The van der Waals surface area contributed by atoms with E-state index in [9.17, 15) is 23.5 Å². The Labute approximate surface area is 132 Å². The summed E-state index contributed by atoms with van der Waals surface area (Å²) in [6.07, 6.45) is 0. The van der Waals surface area contributed by atoms with E-state index in [2.05, 4.69) is 20.4 Å². The topological polar surface area (TPSA) is 109 Å². The van der Waals surface area contributed by atoms with E-state index in [0.717, 1.165) is 22.7 Å². The highest BCUT2D eigenvalue weighted by atomic mass is 19.1. The molecule has 8 nitrogen and oxygen atoms in total. The summed E-state index contributed by atoms with van der Waals surface area (Å²) in [6, 6.07) is 4.17. The average molecular weight is 333 g/mol. The Balaban J connectivity index is 2.31. The zero-order valence-corrected chi connectivity index (χ0v) is 12.1. The van der Waals surface area contributed by atoms with Crippen LogP contribution in [0.1, 0.15) is 21.1 Å². The van der Waals surface area contributed by atoms with Gasteiger partial charge in [0.15, 0.2) is 5.69 Å². The Morgan fingerprint density at radius 1 is 1.21 bits per heavy atom. The molecule has 0 saturated heterocycles. The van der Waals surface area contributed by atoms with Gasteiger partial charge in [0.05, 0.1) is 11.3 Å². The van der Waals surface area contributed by atoms with Crippen LogP contribution in [0.25, 0.3) is 17.0 Å². The Kier molecular flexibility index (Phi) is 3.64. The van der Waals surface area contributed by atoms with Gasteiger partial charge in [-0.25, -0.2) is 18.6 Å². The number of carboxylic acid groups (broad SMARTS) is 1. The fourth-order valence-corrected chi connectivity index (χ4v) is 2.10. The number of aromatic carboxylic acids is 1. The maximum absolute atomic E-state index is 13.9. The minimum atomic E-state index is -1.42. The van der Waals surface area contributed by atoms with Crippen LogP contribution in [0.15, 0.2) is 24.3 Å². The summed E-state index contributed by atoms with van der Waals surface area (Å²) >= 11 is 0. The lowest BCUT2D eigenvalue weighted by Crippen LogP contribution is -2.19. The third-order valence-electron chi connectivity index (χ3n) is 3.18. The second-order valence-corrected chi connectivity index (χ2v) is 4.65. The van der Waals surface area contributed by atoms with Crippen LogP contribution in [0.5, 0.6) is 0 Å². The maximum Gasteiger partial charge on any atom is 0.354 e. The summed E-state index contributed by atoms with van der Waals surface area (Å²) in [7, 11) is 1.35. The monoisotopic (exact) mass is 333 g/mol. The summed E-state index contributed by atoms with van der Waals surface area (Å²) in [5.41, 5.74) is -1.21. The standard InChI is InChI=1S/C14H9F2N5O3/c1-17-12(22)11-19-14-18-8(5-9(13(23)24)21(14)20-11)10-6(15)3-2-4-7(10)16/h2-5H,1H3,(H,17,22)(H,23,24). The number of carboxylic acids is 1. The second-order valence-electron chi connectivity index (χ2n) is 4.65. The molecule has 0 radical (unpaired) electrons. The van der Waals surface area contributed by atoms with Crippen LogP contribution in [0, 0.1) is 11.6 Å². The van der Waals surface area contributed by atoms with Gasteiger partial charge in [0.2, 0.25) is 5.82 Å². The van der Waals surface area contributed by atoms with Crippen molar-refractivity contribution in [2.75, 3.05) is 7.05 Å². The van der Waals surface area contributed by atoms with E-state index in [1.807, 2.05) is 0 Å². The van der Waals surface area contributed by atoms with Gasteiger partial charge in [0.25, 0.3) is 11.7 Å². The van der Waals surface area contributed by atoms with Crippen LogP contribution in [0.4, 0.5) is 8.78 Å². The van der Waals surface area contributed by atoms with Gasteiger partial charge in [0, 0.05) is 7.05 Å². The second kappa shape index (κ2) is 5.65. The lowest BCUT2D eigenvalue weighted by atomic mass is 10.1. The predicted molar refractivity (Wildman–Crippen MR) is 76.5 cm³/mol. The molecule has 0 bridgehead atoms. The lowest BCUT2D eigenvalue weighted by Gasteiger charge is -2.06. The Morgan fingerprint density at radius 2 is 1.88 bits per heavy atom. The molecule has 0 aliphatic carbocycles. The van der Waals surface area contributed by atoms with Crippen molar-refractivity contribution in [1.29, 1.82) is 0 Å². The molecule has 2 N–H and O–H groups in total. The van der Waals surface area contributed by atoms with Crippen LogP contribution in [0.3, 0.4) is 0 Å². The number of benzene rings is 1. The zero-order valence-electron chi connectivity index (χ0n) is 12.1. The number of fused-ring (bicyclic) bond motifs is 1. The predicted octanol–water partition coefficient (Wildman–Crippen LogP) is 1.13. The summed E-state index contributed by atoms with van der Waals surface area (Å²) in [5.74, 6) is -4.49. The van der Waals surface area contributed by atoms with Gasteiger partial charge in [-0.2, -0.15) is 9.50 Å². The molecule has 0 saturated carbocycles. The maximum atomic E-state index is 13.9. The van der Waals surface area contributed by atoms with Gasteiger partial charge in [0.1, 0.15) is 11.6 Å². The highest BCUT2D eigenvalue weighted by Crippen LogP contribution is 2.25. The molecule has 0 unspecified atom stereocenters. The smallest absolute Gasteiger partial charge is 0.354 e. The molecule has 10 heteroatoms. The minimum Gasteiger partial charge on any atom is -0.477 e. The molecule has 2 heterocycles. The van der Waals surface area contributed by atoms with Crippen molar-refractivity contribution in [2.45, 2.75) is 0 Å². The summed E-state index contributed by atoms with van der Waals surface area (Å²) < 4.78 is 28.7. The van der Waals surface area contributed by atoms with Crippen molar-refractivity contribution in [1.82, 2.24) is 24.9 Å². The summed E-state index contributed by atoms with van der Waals surface area (Å²) in [4.78, 5) is 30.7. The van der Waals surface area contributed by atoms with Crippen molar-refractivity contribution in [2.24, 2.45) is 0 Å². The van der Waals surface area contributed by atoms with Gasteiger partial charge in [-0.05, 0) is 18.2 Å². The average Bonchev–Trinajstić information content (AvgIpc) is 2.97. The van der Waals surface area contributed by atoms with E-state index in [-0.39, 0.29) is 17.3 Å². The van der Waals surface area contributed by atoms with E-state index >= 15 is 0 Å². The summed E-state index contributed by atoms with van der Waals surface area (Å²) in [5, 5.41) is 15.3. The molecular weight excluding hydrogens is 324 g/mol. The number of carbonyl (C=O) groups is 2. The first-order chi connectivity index (χ1) is 11.4. The molecule has 1 amide bonds. The van der Waals surface area contributed by atoms with Gasteiger partial charge < -0.3 is 10.4 Å². The fourth-order valence-electron chi connectivity index (χ4n) is 2.10. The van der Waals surface area contributed by atoms with Crippen molar-refractivity contribution in [3.8, 4) is 11.3 Å². The van der Waals surface area contributed by atoms with Gasteiger partial charge in [-0.1, -0.05) is 6.07 Å². The van der Waals surface area contributed by atoms with E-state index in [4.69, 9.17) is 0 Å². The van der Waals surface area contributed by atoms with Crippen LogP contribution >= 0.6 is 0 Å². The van der Waals surface area contributed by atoms with Crippen LogP contribution in [-0.4, -0.2) is 43.6 Å². The van der Waals surface area contributed by atoms with Gasteiger partial charge in [-0.15, -0.1) is 5.10 Å². The fraction of sp³-hybridized carbons (Fsp3) is 0.0714. The molecule has 1 aromatic carbocycles. The van der Waals surface area contributed by atoms with E-state index in [1.54, 1.807) is 0 Å². The molecule has 122 valence electrons. The van der Waals surface area contributed by atoms with Crippen LogP contribution in [0.2, 0.25) is 0 Å². The number of rotatable bonds is 3. The molecule has 0 aliphatic rings. The van der Waals surface area contributed by atoms with Gasteiger partial charge >= 0.3 is 5.97 Å². The molecular formula is C14H9F2N5O3. The molecule has 0 spiro atoms. The number of nitrogens with zero attached hydrogens (tertiary/aromatic N) is 4. The van der Waals surface area contributed by atoms with Crippen molar-refractivity contribution in [3.05, 3.63) is 47.4 Å². The third-order valence-corrected chi connectivity index (χ3v) is 3.18. The third kappa shape index (κ3) is 2.43. The number of nitrogens with one attached hydrogen (secondary N) is 1. The first kappa shape index (κ1) is 15.5. The Bertz CT molecular complexity index is 966. The van der Waals surface area contributed by atoms with E-state index in [0.29, 0.717) is 0 Å². The molecule has 0 aliphatic heterocycles. The number of hydrogen-bond acceptors (Lipinski definition) is 5. The first-order valence-electron chi connectivity index (χ1n) is 6.60. The Morgan fingerprint density at radius 3 is 2.46 bits per heavy atom. The number of halogens is 2. The highest BCUT2D eigenvalue weighted by molar-refractivity contribution is 5.91. The van der Waals surface area contributed by atoms with Crippen LogP contribution in [-0.2, 0) is 0 Å². The normalized spacial score (nSPS) is 10.8. The van der Waals surface area contributed by atoms with Gasteiger partial charge in [-0.3, -0.25) is 4.79 Å². The van der Waals surface area contributed by atoms with Crippen molar-refractivity contribution >= 4 is 17.7 Å². The van der Waals surface area contributed by atoms with E-state index in [1.165, 1.54) is 13.1 Å². The number of amides is 1. The first-order valence-corrected chi connectivity index (χ1v) is 6.60. The highest BCUT2D eigenvalue weighted by Gasteiger charge is 2.21. The molecule has 3 rings (SSSR count). The SMILES string of the molecule is CNC(=O)c1nc2nc(-c3c(F)cccc3F)cc(C(=O)O)n2n1. The molecule has 24 heavy (non-hydrogen) atoms. The molecule has 2 aromatic heterocycles. The number of carbonyl (C=O) groups excluding carboxylic acids is 1. The zero-order chi connectivity index (χ0) is 17.4. The molecule has 0 fully saturated rings. The number of hydrogen-bond donors (Lipinski definition) is 2. The van der Waals surface area contributed by atoms with E-state index < -0.39 is 34.8 Å². The van der Waals surface area contributed by atoms with Crippen molar-refractivity contribution < 1.29 is 23.5 Å². The summed E-state index contributed by atoms with van der Waals surface area (Å²) in [6.45, 7) is 0. The van der Waals surface area contributed by atoms with Crippen LogP contribution < -0.4 is 5.32 Å². The minimum absolute atomic E-state index is 0.272. The quantitative estimate of drug-likeness (QED) is 0.743.